The number of hydrogen-bond acceptors (Lipinski definition) is 0. The third kappa shape index (κ3) is 9.34. The average molecular weight is 164 g/mol. The smallest absolute Gasteiger partial charge is 0.118 e. The fourth-order valence-corrected chi connectivity index (χ4v) is 0.837. The van der Waals surface area contributed by atoms with Crippen LogP contribution in [-0.4, -0.2) is 8.07 Å². The van der Waals surface area contributed by atoms with Gasteiger partial charge in [0.25, 0.3) is 0 Å². The van der Waals surface area contributed by atoms with E-state index < -0.39 is 8.07 Å². The summed E-state index contributed by atoms with van der Waals surface area (Å²) < 4.78 is 0. The Morgan fingerprint density at radius 2 is 1.55 bits per heavy atom. The Kier molecular flexibility index (Phi) is 4.01. The minimum atomic E-state index is -1.19. The molecule has 0 aromatic carbocycles. The van der Waals surface area contributed by atoms with Gasteiger partial charge in [-0.3, -0.25) is 0 Å². The van der Waals surface area contributed by atoms with E-state index in [4.69, 9.17) is 0 Å². The second kappa shape index (κ2) is 4.26. The fraction of sp³-hybridized carbons (Fsp3) is 0.600. The van der Waals surface area contributed by atoms with Crippen molar-refractivity contribution in [3.8, 4) is 23.3 Å². The monoisotopic (exact) mass is 164 g/mol. The molecule has 0 aromatic rings. The van der Waals surface area contributed by atoms with Crippen LogP contribution in [0.2, 0.25) is 19.6 Å². The van der Waals surface area contributed by atoms with Gasteiger partial charge in [0, 0.05) is 5.92 Å². The molecule has 0 unspecified atom stereocenters. The van der Waals surface area contributed by atoms with Gasteiger partial charge in [0.2, 0.25) is 0 Å². The van der Waals surface area contributed by atoms with E-state index in [-0.39, 0.29) is 0 Å². The molecule has 0 aromatic heterocycles. The van der Waals surface area contributed by atoms with E-state index in [1.54, 1.807) is 0 Å². The standard InChI is InChI=1S/C10H16Si/c1-10(2)8-6-7-9-11(3,4)5/h10H,1-5H3. The lowest BCUT2D eigenvalue weighted by Crippen LogP contribution is -2.16. The van der Waals surface area contributed by atoms with Gasteiger partial charge in [-0.25, -0.2) is 0 Å². The molecule has 0 fully saturated rings. The maximum atomic E-state index is 3.19. The van der Waals surface area contributed by atoms with Crippen LogP contribution >= 0.6 is 0 Å². The van der Waals surface area contributed by atoms with Crippen LogP contribution in [0.3, 0.4) is 0 Å². The van der Waals surface area contributed by atoms with Crippen molar-refractivity contribution in [1.82, 2.24) is 0 Å². The lowest BCUT2D eigenvalue weighted by atomic mass is 10.2. The molecular formula is C10H16Si. The van der Waals surface area contributed by atoms with Crippen molar-refractivity contribution in [2.24, 2.45) is 5.92 Å². The Hall–Kier alpha value is -0.663. The summed E-state index contributed by atoms with van der Waals surface area (Å²) in [5.74, 6) is 9.22. The zero-order chi connectivity index (χ0) is 8.91. The van der Waals surface area contributed by atoms with Crippen molar-refractivity contribution in [2.75, 3.05) is 0 Å². The van der Waals surface area contributed by atoms with E-state index in [1.165, 1.54) is 0 Å². The Labute approximate surface area is 71.4 Å². The first-order chi connectivity index (χ1) is 4.92. The van der Waals surface area contributed by atoms with Crippen LogP contribution in [-0.2, 0) is 0 Å². The lowest BCUT2D eigenvalue weighted by Gasteiger charge is -2.01. The van der Waals surface area contributed by atoms with E-state index in [0.29, 0.717) is 5.92 Å². The van der Waals surface area contributed by atoms with E-state index in [1.807, 2.05) is 0 Å². The molecular weight excluding hydrogens is 148 g/mol. The van der Waals surface area contributed by atoms with Gasteiger partial charge in [-0.05, 0) is 11.8 Å². The Morgan fingerprint density at radius 3 is 1.91 bits per heavy atom. The van der Waals surface area contributed by atoms with E-state index in [0.717, 1.165) is 0 Å². The Bertz CT molecular complexity index is 222. The first kappa shape index (κ1) is 10.3. The summed E-state index contributed by atoms with van der Waals surface area (Å²) in [6.07, 6.45) is 0. The second-order valence-electron chi connectivity index (χ2n) is 3.92. The molecule has 0 N–H and O–H groups in total. The van der Waals surface area contributed by atoms with Crippen molar-refractivity contribution in [2.45, 2.75) is 33.5 Å². The van der Waals surface area contributed by atoms with Gasteiger partial charge in [-0.1, -0.05) is 39.4 Å². The quantitative estimate of drug-likeness (QED) is 0.381. The zero-order valence-corrected chi connectivity index (χ0v) is 9.08. The maximum absolute atomic E-state index is 3.19. The van der Waals surface area contributed by atoms with Crippen LogP contribution in [0.15, 0.2) is 0 Å². The van der Waals surface area contributed by atoms with E-state index in [9.17, 15) is 0 Å². The molecule has 0 spiro atoms. The first-order valence-corrected chi connectivity index (χ1v) is 7.44. The minimum absolute atomic E-state index is 0.436. The zero-order valence-electron chi connectivity index (χ0n) is 8.08. The maximum Gasteiger partial charge on any atom is 0.130 e. The highest BCUT2D eigenvalue weighted by atomic mass is 28.3. The van der Waals surface area contributed by atoms with Gasteiger partial charge in [0.1, 0.15) is 8.07 Å². The van der Waals surface area contributed by atoms with Crippen LogP contribution < -0.4 is 0 Å². The lowest BCUT2D eigenvalue weighted by molar-refractivity contribution is 0.867. The Balaban J connectivity index is 4.05. The summed E-state index contributed by atoms with van der Waals surface area (Å²) in [4.78, 5) is 0. The summed E-state index contributed by atoms with van der Waals surface area (Å²) in [6, 6.07) is 0. The predicted octanol–water partition coefficient (Wildman–Crippen LogP) is 2.53. The van der Waals surface area contributed by atoms with Gasteiger partial charge in [0.15, 0.2) is 0 Å². The topological polar surface area (TPSA) is 0 Å². The van der Waals surface area contributed by atoms with Crippen LogP contribution in [0.4, 0.5) is 0 Å². The highest BCUT2D eigenvalue weighted by Crippen LogP contribution is 1.95. The third-order valence-electron chi connectivity index (χ3n) is 0.861. The van der Waals surface area contributed by atoms with E-state index >= 15 is 0 Å². The summed E-state index contributed by atoms with van der Waals surface area (Å²) in [7, 11) is -1.19. The summed E-state index contributed by atoms with van der Waals surface area (Å²) in [6.45, 7) is 10.8. The van der Waals surface area contributed by atoms with Crippen molar-refractivity contribution >= 4 is 8.07 Å². The fourth-order valence-electron chi connectivity index (χ4n) is 0.399. The molecule has 0 atom stereocenters. The molecule has 0 rings (SSSR count). The molecule has 11 heavy (non-hydrogen) atoms. The molecule has 0 heterocycles. The van der Waals surface area contributed by atoms with Crippen molar-refractivity contribution in [3.05, 3.63) is 0 Å². The Morgan fingerprint density at radius 1 is 1.00 bits per heavy atom. The van der Waals surface area contributed by atoms with Gasteiger partial charge in [-0.15, -0.1) is 5.54 Å². The highest BCUT2D eigenvalue weighted by molar-refractivity contribution is 6.83. The molecule has 0 nitrogen and oxygen atoms in total. The molecule has 0 aliphatic rings. The molecule has 60 valence electrons. The average Bonchev–Trinajstić information content (AvgIpc) is 1.78. The molecule has 0 aliphatic carbocycles. The van der Waals surface area contributed by atoms with Crippen molar-refractivity contribution < 1.29 is 0 Å². The first-order valence-electron chi connectivity index (χ1n) is 3.94. The molecule has 0 saturated carbocycles. The minimum Gasteiger partial charge on any atom is -0.118 e. The van der Waals surface area contributed by atoms with E-state index in [2.05, 4.69) is 56.8 Å². The molecule has 0 bridgehead atoms. The third-order valence-corrected chi connectivity index (χ3v) is 1.74. The number of hydrogen-bond donors (Lipinski definition) is 0. The summed E-state index contributed by atoms with van der Waals surface area (Å²) >= 11 is 0. The van der Waals surface area contributed by atoms with Gasteiger partial charge in [-0.2, -0.15) is 0 Å². The van der Waals surface area contributed by atoms with Gasteiger partial charge in [0.05, 0.1) is 0 Å². The molecule has 0 aliphatic heterocycles. The highest BCUT2D eigenvalue weighted by Gasteiger charge is 2.06. The summed E-state index contributed by atoms with van der Waals surface area (Å²) in [5.41, 5.74) is 3.19. The van der Waals surface area contributed by atoms with Crippen LogP contribution in [0, 0.1) is 29.2 Å². The van der Waals surface area contributed by atoms with Crippen molar-refractivity contribution in [1.29, 1.82) is 0 Å². The van der Waals surface area contributed by atoms with Gasteiger partial charge < -0.3 is 0 Å². The molecule has 1 heteroatoms. The van der Waals surface area contributed by atoms with Crippen LogP contribution in [0.1, 0.15) is 13.8 Å². The SMILES string of the molecule is CC(C)C#CC#C[Si](C)(C)C. The predicted molar refractivity (Wildman–Crippen MR) is 53.7 cm³/mol. The molecule has 0 amide bonds. The van der Waals surface area contributed by atoms with Gasteiger partial charge >= 0.3 is 0 Å². The van der Waals surface area contributed by atoms with Crippen LogP contribution in [0.5, 0.6) is 0 Å². The summed E-state index contributed by atoms with van der Waals surface area (Å²) in [5, 5.41) is 0. The molecule has 0 radical (unpaired) electrons. The second-order valence-corrected chi connectivity index (χ2v) is 8.67. The largest absolute Gasteiger partial charge is 0.130 e. The van der Waals surface area contributed by atoms with Crippen molar-refractivity contribution in [3.63, 3.8) is 0 Å². The van der Waals surface area contributed by atoms with Crippen LogP contribution in [0.25, 0.3) is 0 Å². The normalized spacial score (nSPS) is 9.64. The number of rotatable bonds is 0. The molecule has 0 saturated heterocycles.